The summed E-state index contributed by atoms with van der Waals surface area (Å²) in [4.78, 5) is 62.1. The molecule has 2 aromatic rings. The van der Waals surface area contributed by atoms with E-state index < -0.39 is 60.2 Å². The van der Waals surface area contributed by atoms with Gasteiger partial charge in [0, 0.05) is 12.8 Å². The van der Waals surface area contributed by atoms with Gasteiger partial charge in [-0.1, -0.05) is 56.3 Å². The number of phenolic OH excluding ortho intramolecular Hbond substituents is 1. The molecule has 0 saturated heterocycles. The third-order valence-corrected chi connectivity index (χ3v) is 6.25. The molecule has 2 aromatic carbocycles. The van der Waals surface area contributed by atoms with Gasteiger partial charge in [-0.25, -0.2) is 4.79 Å². The minimum absolute atomic E-state index is 0.0202. The van der Waals surface area contributed by atoms with Crippen molar-refractivity contribution in [2.45, 2.75) is 70.1 Å². The number of aromatic hydroxyl groups is 1. The quantitative estimate of drug-likeness (QED) is 0.153. The van der Waals surface area contributed by atoms with Gasteiger partial charge >= 0.3 is 11.9 Å². The van der Waals surface area contributed by atoms with E-state index in [0.717, 1.165) is 0 Å². The molecular formula is C29H38N4O8. The molecule has 3 amide bonds. The fourth-order valence-electron chi connectivity index (χ4n) is 4.09. The molecule has 0 fully saturated rings. The average molecular weight is 571 g/mol. The molecular weight excluding hydrogens is 532 g/mol. The Labute approximate surface area is 238 Å². The van der Waals surface area contributed by atoms with Crippen LogP contribution in [0.25, 0.3) is 0 Å². The van der Waals surface area contributed by atoms with Gasteiger partial charge in [0.05, 0.1) is 6.04 Å². The summed E-state index contributed by atoms with van der Waals surface area (Å²) < 4.78 is 0. The summed E-state index contributed by atoms with van der Waals surface area (Å²) >= 11 is 0. The van der Waals surface area contributed by atoms with Gasteiger partial charge in [0.1, 0.15) is 23.9 Å². The highest BCUT2D eigenvalue weighted by atomic mass is 16.4. The molecule has 0 aromatic heterocycles. The Morgan fingerprint density at radius 3 is 1.83 bits per heavy atom. The standard InChI is InChI=1S/C29H38N4O8/c1-17(2)14-23(32-26(37)21(30)15-19-8-10-20(34)11-9-19)27(38)33-24(16-18-6-4-3-5-7-18)28(39)31-22(29(40)41)12-13-25(35)36/h3-11,17,21-24,34H,12-16,30H2,1-2H3,(H,31,39)(H,32,37)(H,33,38)(H,35,36)(H,40,41). The van der Waals surface area contributed by atoms with E-state index in [2.05, 4.69) is 16.0 Å². The van der Waals surface area contributed by atoms with E-state index in [1.54, 1.807) is 42.5 Å². The number of hydrogen-bond donors (Lipinski definition) is 7. The van der Waals surface area contributed by atoms with Crippen LogP contribution >= 0.6 is 0 Å². The molecule has 0 aliphatic carbocycles. The Balaban J connectivity index is 2.20. The van der Waals surface area contributed by atoms with Crippen LogP contribution < -0.4 is 21.7 Å². The third-order valence-electron chi connectivity index (χ3n) is 6.25. The fraction of sp³-hybridized carbons (Fsp3) is 0.414. The molecule has 2 rings (SSSR count). The largest absolute Gasteiger partial charge is 0.508 e. The first kappa shape index (κ1) is 32.8. The number of carboxylic acids is 2. The van der Waals surface area contributed by atoms with Crippen LogP contribution in [0.4, 0.5) is 0 Å². The maximum atomic E-state index is 13.4. The minimum atomic E-state index is -1.47. The van der Waals surface area contributed by atoms with E-state index >= 15 is 0 Å². The van der Waals surface area contributed by atoms with Gasteiger partial charge < -0.3 is 37.0 Å². The maximum Gasteiger partial charge on any atom is 0.326 e. The van der Waals surface area contributed by atoms with E-state index in [1.165, 1.54) is 12.1 Å². The van der Waals surface area contributed by atoms with E-state index in [0.29, 0.717) is 11.1 Å². The molecule has 12 nitrogen and oxygen atoms in total. The van der Waals surface area contributed by atoms with Gasteiger partial charge in [0.2, 0.25) is 17.7 Å². The molecule has 8 N–H and O–H groups in total. The van der Waals surface area contributed by atoms with Crippen molar-refractivity contribution >= 4 is 29.7 Å². The maximum absolute atomic E-state index is 13.4. The second kappa shape index (κ2) is 16.0. The van der Waals surface area contributed by atoms with Crippen LogP contribution in [0.5, 0.6) is 5.75 Å². The SMILES string of the molecule is CC(C)CC(NC(=O)C(N)Cc1ccc(O)cc1)C(=O)NC(Cc1ccccc1)C(=O)NC(CCC(=O)O)C(=O)O. The summed E-state index contributed by atoms with van der Waals surface area (Å²) in [6.07, 6.45) is -0.396. The minimum Gasteiger partial charge on any atom is -0.508 e. The first-order chi connectivity index (χ1) is 19.3. The molecule has 0 aliphatic rings. The molecule has 4 atom stereocenters. The topological polar surface area (TPSA) is 208 Å². The number of nitrogens with one attached hydrogen (secondary N) is 3. The lowest BCUT2D eigenvalue weighted by Crippen LogP contribution is -2.58. The molecule has 0 saturated carbocycles. The summed E-state index contributed by atoms with van der Waals surface area (Å²) in [5, 5.41) is 35.5. The zero-order chi connectivity index (χ0) is 30.5. The lowest BCUT2D eigenvalue weighted by Gasteiger charge is -2.26. The molecule has 41 heavy (non-hydrogen) atoms. The Hall–Kier alpha value is -4.45. The Bertz CT molecular complexity index is 1190. The van der Waals surface area contributed by atoms with Gasteiger partial charge in [0.15, 0.2) is 0 Å². The predicted octanol–water partition coefficient (Wildman–Crippen LogP) is 0.955. The normalized spacial score (nSPS) is 13.9. The summed E-state index contributed by atoms with van der Waals surface area (Å²) in [5.41, 5.74) is 7.48. The summed E-state index contributed by atoms with van der Waals surface area (Å²) in [6.45, 7) is 3.72. The summed E-state index contributed by atoms with van der Waals surface area (Å²) in [7, 11) is 0. The Kier molecular flexibility index (Phi) is 12.8. The van der Waals surface area contributed by atoms with Crippen molar-refractivity contribution in [2.24, 2.45) is 11.7 Å². The van der Waals surface area contributed by atoms with Crippen LogP contribution in [0, 0.1) is 5.92 Å². The van der Waals surface area contributed by atoms with Gasteiger partial charge in [-0.3, -0.25) is 19.2 Å². The monoisotopic (exact) mass is 570 g/mol. The number of nitrogens with two attached hydrogens (primary N) is 1. The van der Waals surface area contributed by atoms with Crippen LogP contribution in [0.2, 0.25) is 0 Å². The smallest absolute Gasteiger partial charge is 0.326 e. The molecule has 0 spiro atoms. The lowest BCUT2D eigenvalue weighted by molar-refractivity contribution is -0.143. The molecule has 0 bridgehead atoms. The average Bonchev–Trinajstić information content (AvgIpc) is 2.91. The molecule has 0 heterocycles. The highest BCUT2D eigenvalue weighted by molar-refractivity contribution is 5.94. The van der Waals surface area contributed by atoms with E-state index in [1.807, 2.05) is 13.8 Å². The van der Waals surface area contributed by atoms with Crippen molar-refractivity contribution in [3.05, 3.63) is 65.7 Å². The first-order valence-electron chi connectivity index (χ1n) is 13.3. The van der Waals surface area contributed by atoms with Gasteiger partial charge in [-0.05, 0) is 48.4 Å². The zero-order valence-corrected chi connectivity index (χ0v) is 23.1. The summed E-state index contributed by atoms with van der Waals surface area (Å²) in [5.74, 6) is -4.61. The van der Waals surface area contributed by atoms with E-state index in [4.69, 9.17) is 10.8 Å². The van der Waals surface area contributed by atoms with Crippen molar-refractivity contribution < 1.29 is 39.3 Å². The number of amides is 3. The second-order valence-electron chi connectivity index (χ2n) is 10.3. The Morgan fingerprint density at radius 1 is 0.732 bits per heavy atom. The number of phenols is 1. The van der Waals surface area contributed by atoms with Gasteiger partial charge in [0.25, 0.3) is 0 Å². The number of rotatable bonds is 16. The van der Waals surface area contributed by atoms with Crippen LogP contribution in [0.15, 0.2) is 54.6 Å². The highest BCUT2D eigenvalue weighted by Gasteiger charge is 2.31. The molecule has 0 radical (unpaired) electrons. The molecule has 222 valence electrons. The molecule has 12 heteroatoms. The fourth-order valence-corrected chi connectivity index (χ4v) is 4.09. The van der Waals surface area contributed by atoms with Crippen LogP contribution in [0.3, 0.4) is 0 Å². The number of hydrogen-bond acceptors (Lipinski definition) is 7. The lowest BCUT2D eigenvalue weighted by atomic mass is 9.99. The number of carboxylic acid groups (broad SMARTS) is 2. The number of carbonyl (C=O) groups excluding carboxylic acids is 3. The van der Waals surface area contributed by atoms with Crippen LogP contribution in [-0.4, -0.2) is 69.1 Å². The van der Waals surface area contributed by atoms with Crippen LogP contribution in [-0.2, 0) is 36.8 Å². The van der Waals surface area contributed by atoms with E-state index in [9.17, 15) is 34.2 Å². The van der Waals surface area contributed by atoms with Crippen molar-refractivity contribution in [1.29, 1.82) is 0 Å². The first-order valence-corrected chi connectivity index (χ1v) is 13.3. The van der Waals surface area contributed by atoms with Gasteiger partial charge in [-0.15, -0.1) is 0 Å². The van der Waals surface area contributed by atoms with Crippen molar-refractivity contribution in [1.82, 2.24) is 16.0 Å². The Morgan fingerprint density at radius 2 is 1.27 bits per heavy atom. The number of benzene rings is 2. The third kappa shape index (κ3) is 11.7. The highest BCUT2D eigenvalue weighted by Crippen LogP contribution is 2.12. The molecule has 0 aliphatic heterocycles. The predicted molar refractivity (Wildman–Crippen MR) is 150 cm³/mol. The molecule has 4 unspecified atom stereocenters. The van der Waals surface area contributed by atoms with Crippen LogP contribution in [0.1, 0.15) is 44.2 Å². The summed E-state index contributed by atoms with van der Waals surface area (Å²) in [6, 6.07) is 10.2. The number of carbonyl (C=O) groups is 5. The van der Waals surface area contributed by atoms with E-state index in [-0.39, 0.29) is 37.4 Å². The van der Waals surface area contributed by atoms with Crippen molar-refractivity contribution in [3.8, 4) is 5.75 Å². The number of aliphatic carboxylic acids is 2. The zero-order valence-electron chi connectivity index (χ0n) is 23.1. The van der Waals surface area contributed by atoms with Gasteiger partial charge in [-0.2, -0.15) is 0 Å². The second-order valence-corrected chi connectivity index (χ2v) is 10.3. The van der Waals surface area contributed by atoms with Crippen molar-refractivity contribution in [2.75, 3.05) is 0 Å². The van der Waals surface area contributed by atoms with Crippen molar-refractivity contribution in [3.63, 3.8) is 0 Å².